The summed E-state index contributed by atoms with van der Waals surface area (Å²) in [6.07, 6.45) is 0.986. The van der Waals surface area contributed by atoms with E-state index in [0.29, 0.717) is 0 Å². The van der Waals surface area contributed by atoms with Gasteiger partial charge in [-0.1, -0.05) is 81.9 Å². The van der Waals surface area contributed by atoms with Gasteiger partial charge < -0.3 is 9.22 Å². The number of rotatable bonds is 5. The smallest absolute Gasteiger partial charge is 0.357 e. The van der Waals surface area contributed by atoms with Crippen LogP contribution in [0.15, 0.2) is 72.8 Å². The van der Waals surface area contributed by atoms with Crippen LogP contribution < -0.4 is 21.1 Å². The van der Waals surface area contributed by atoms with E-state index in [-0.39, 0.29) is 0 Å². The number of ether oxygens (including phenoxy) is 1. The first-order valence-corrected chi connectivity index (χ1v) is 12.9. The summed E-state index contributed by atoms with van der Waals surface area (Å²) in [5.74, 6) is 0.889. The molecule has 0 saturated carbocycles. The zero-order valence-electron chi connectivity index (χ0n) is 22.6. The van der Waals surface area contributed by atoms with Crippen molar-refractivity contribution in [2.24, 2.45) is 0 Å². The number of methoxy groups -OCH3 is 1. The highest BCUT2D eigenvalue weighted by Gasteiger charge is 2.50. The van der Waals surface area contributed by atoms with Gasteiger partial charge in [0.25, 0.3) is 0 Å². The molecule has 0 aliphatic carbocycles. The van der Waals surface area contributed by atoms with Gasteiger partial charge in [-0.25, -0.2) is 0 Å². The highest BCUT2D eigenvalue weighted by molar-refractivity contribution is 7.08. The van der Waals surface area contributed by atoms with Crippen LogP contribution >= 0.6 is 0 Å². The van der Waals surface area contributed by atoms with Crippen LogP contribution in [-0.2, 0) is 6.54 Å². The summed E-state index contributed by atoms with van der Waals surface area (Å²) in [4.78, 5) is 0. The van der Waals surface area contributed by atoms with Gasteiger partial charge in [0.2, 0.25) is 0 Å². The van der Waals surface area contributed by atoms with Crippen molar-refractivity contribution in [3.8, 4) is 5.75 Å². The van der Waals surface area contributed by atoms with Gasteiger partial charge in [-0.05, 0) is 65.8 Å². The summed E-state index contributed by atoms with van der Waals surface area (Å²) in [5.41, 5.74) is 15.0. The van der Waals surface area contributed by atoms with Crippen molar-refractivity contribution in [2.45, 2.75) is 48.1 Å². The topological polar surface area (TPSA) is 12.2 Å². The van der Waals surface area contributed by atoms with Crippen molar-refractivity contribution in [3.05, 3.63) is 117 Å². The fourth-order valence-corrected chi connectivity index (χ4v) is 7.09. The molecule has 1 aliphatic heterocycles. The molecule has 2 nitrogen and oxygen atoms in total. The fourth-order valence-electron chi connectivity index (χ4n) is 7.09. The van der Waals surface area contributed by atoms with Gasteiger partial charge in [-0.15, -0.1) is 16.4 Å². The molecule has 182 valence electrons. The molecule has 0 unspecified atom stereocenters. The van der Waals surface area contributed by atoms with Gasteiger partial charge in [0.15, 0.2) is 0 Å². The van der Waals surface area contributed by atoms with Crippen LogP contribution in [0.2, 0.25) is 0 Å². The van der Waals surface area contributed by atoms with E-state index in [1.54, 1.807) is 7.11 Å². The summed E-state index contributed by atoms with van der Waals surface area (Å²) >= 11 is 0. The number of hydrogen-bond donors (Lipinski definition) is 0. The molecular formula is C33H36BNO. The Hall–Kier alpha value is -3.59. The number of fused-ring (bicyclic) bond motifs is 1. The predicted molar refractivity (Wildman–Crippen MR) is 155 cm³/mol. The van der Waals surface area contributed by atoms with Crippen molar-refractivity contribution >= 4 is 28.9 Å². The van der Waals surface area contributed by atoms with E-state index in [4.69, 9.17) is 4.74 Å². The molecule has 4 aromatic rings. The average Bonchev–Trinajstić information content (AvgIpc) is 3.12. The third-order valence-corrected chi connectivity index (χ3v) is 8.08. The van der Waals surface area contributed by atoms with E-state index in [9.17, 15) is 0 Å². The Morgan fingerprint density at radius 3 is 1.67 bits per heavy atom. The highest BCUT2D eigenvalue weighted by atomic mass is 16.5. The van der Waals surface area contributed by atoms with Crippen LogP contribution in [0.4, 0.5) is 0 Å². The molecule has 36 heavy (non-hydrogen) atoms. The lowest BCUT2D eigenvalue weighted by Gasteiger charge is -2.41. The SMILES string of the molecule is COc1ccc(C[N+]2=Cc3ccccc3[B-]2(c2c(C)cc(C)cc2C)c2c(C)cc(C)cc2C)cc1. The Morgan fingerprint density at radius 2 is 1.17 bits per heavy atom. The Bertz CT molecular complexity index is 1390. The number of hydrogen-bond acceptors (Lipinski definition) is 1. The second-order valence-electron chi connectivity index (χ2n) is 10.7. The molecule has 3 heteroatoms. The summed E-state index contributed by atoms with van der Waals surface area (Å²) in [7, 11) is 1.72. The van der Waals surface area contributed by atoms with E-state index < -0.39 is 6.28 Å². The van der Waals surface area contributed by atoms with E-state index in [2.05, 4.69) is 125 Å². The molecule has 1 heterocycles. The Balaban J connectivity index is 1.88. The van der Waals surface area contributed by atoms with Crippen LogP contribution in [0.3, 0.4) is 0 Å². The number of nitrogens with zero attached hydrogens (tertiary/aromatic N) is 1. The molecule has 0 N–H and O–H groups in total. The molecule has 0 radical (unpaired) electrons. The zero-order chi connectivity index (χ0) is 25.6. The number of aryl methyl sites for hydroxylation is 6. The molecule has 0 atom stereocenters. The lowest BCUT2D eigenvalue weighted by atomic mass is 9.22. The van der Waals surface area contributed by atoms with Gasteiger partial charge in [0.05, 0.1) is 7.11 Å². The molecule has 0 amide bonds. The lowest BCUT2D eigenvalue weighted by molar-refractivity contribution is -0.402. The first kappa shape index (κ1) is 24.1. The molecule has 4 aromatic carbocycles. The monoisotopic (exact) mass is 473 g/mol. The predicted octanol–water partition coefficient (Wildman–Crippen LogP) is 5.16. The summed E-state index contributed by atoms with van der Waals surface area (Å²) in [6, 6.07) is 27.0. The quantitative estimate of drug-likeness (QED) is 0.365. The Morgan fingerprint density at radius 1 is 0.667 bits per heavy atom. The molecule has 5 rings (SSSR count). The fraction of sp³-hybridized carbons (Fsp3) is 0.242. The zero-order valence-corrected chi connectivity index (χ0v) is 22.6. The van der Waals surface area contributed by atoms with Crippen molar-refractivity contribution in [1.82, 2.24) is 0 Å². The van der Waals surface area contributed by atoms with Gasteiger partial charge in [-0.3, -0.25) is 0 Å². The van der Waals surface area contributed by atoms with Crippen molar-refractivity contribution in [1.29, 1.82) is 0 Å². The molecule has 1 aliphatic rings. The highest BCUT2D eigenvalue weighted by Crippen LogP contribution is 2.25. The van der Waals surface area contributed by atoms with Crippen LogP contribution in [-0.4, -0.2) is 24.1 Å². The van der Waals surface area contributed by atoms with Crippen LogP contribution in [0, 0.1) is 41.5 Å². The lowest BCUT2D eigenvalue weighted by Crippen LogP contribution is -2.74. The summed E-state index contributed by atoms with van der Waals surface area (Å²) < 4.78 is 8.08. The molecular weight excluding hydrogens is 437 g/mol. The standard InChI is InChI=1S/C33H36BNO/c1-22-16-24(3)32(25(4)17-22)34(33-26(5)18-23(2)19-27(33)6)31-11-9-8-10-29(31)21-35(34)20-28-12-14-30(36-7)15-13-28/h8-19,21H,20H2,1-7H3. The van der Waals surface area contributed by atoms with Crippen molar-refractivity contribution < 1.29 is 9.22 Å². The molecule has 0 saturated heterocycles. The maximum absolute atomic E-state index is 5.44. The van der Waals surface area contributed by atoms with Crippen molar-refractivity contribution in [2.75, 3.05) is 7.11 Å². The first-order chi connectivity index (χ1) is 17.2. The molecule has 0 spiro atoms. The van der Waals surface area contributed by atoms with Gasteiger partial charge in [0, 0.05) is 11.1 Å². The summed E-state index contributed by atoms with van der Waals surface area (Å²) in [5, 5.41) is 0. The van der Waals surface area contributed by atoms with E-state index >= 15 is 0 Å². The minimum atomic E-state index is -1.41. The van der Waals surface area contributed by atoms with Crippen molar-refractivity contribution in [3.63, 3.8) is 0 Å². The number of benzene rings is 4. The van der Waals surface area contributed by atoms with E-state index in [1.807, 2.05) is 0 Å². The van der Waals surface area contributed by atoms with E-state index in [1.165, 1.54) is 60.9 Å². The van der Waals surface area contributed by atoms with E-state index in [0.717, 1.165) is 12.3 Å². The second kappa shape index (κ2) is 9.13. The third kappa shape index (κ3) is 3.78. The maximum atomic E-state index is 5.44. The second-order valence-corrected chi connectivity index (χ2v) is 10.7. The minimum absolute atomic E-state index is 0.818. The third-order valence-electron chi connectivity index (χ3n) is 8.08. The summed E-state index contributed by atoms with van der Waals surface area (Å²) in [6.45, 7) is 14.4. The average molecular weight is 473 g/mol. The van der Waals surface area contributed by atoms with Crippen LogP contribution in [0.5, 0.6) is 5.75 Å². The maximum Gasteiger partial charge on any atom is 0.357 e. The molecule has 0 bridgehead atoms. The van der Waals surface area contributed by atoms with Gasteiger partial charge in [0.1, 0.15) is 18.5 Å². The van der Waals surface area contributed by atoms with Gasteiger partial charge >= 0.3 is 6.28 Å². The normalized spacial score (nSPS) is 13.9. The molecule has 0 fully saturated rings. The van der Waals surface area contributed by atoms with Crippen LogP contribution in [0.1, 0.15) is 44.5 Å². The van der Waals surface area contributed by atoms with Gasteiger partial charge in [-0.2, -0.15) is 0 Å². The Labute approximate surface area is 216 Å². The first-order valence-electron chi connectivity index (χ1n) is 12.9. The van der Waals surface area contributed by atoms with Crippen LogP contribution in [0.25, 0.3) is 0 Å². The minimum Gasteiger partial charge on any atom is -0.497 e. The molecule has 0 aromatic heterocycles. The largest absolute Gasteiger partial charge is 0.497 e. The Kier molecular flexibility index (Phi) is 6.12.